The van der Waals surface area contributed by atoms with Crippen molar-refractivity contribution in [2.45, 2.75) is 57.1 Å². The van der Waals surface area contributed by atoms with E-state index in [0.717, 1.165) is 38.2 Å². The monoisotopic (exact) mass is 289 g/mol. The average Bonchev–Trinajstić information content (AvgIpc) is 2.94. The molecular weight excluding hydrogens is 262 g/mol. The lowest BCUT2D eigenvalue weighted by molar-refractivity contribution is -0.0838. The predicted molar refractivity (Wildman–Crippen MR) is 84.9 cm³/mol. The number of hydrogen-bond acceptors (Lipinski definition) is 3. The molecule has 0 aromatic heterocycles. The maximum atomic E-state index is 5.91. The minimum atomic E-state index is 0.0761. The molecule has 1 aliphatic heterocycles. The molecule has 1 saturated carbocycles. The van der Waals surface area contributed by atoms with Crippen molar-refractivity contribution in [3.05, 3.63) is 29.3 Å². The number of para-hydroxylation sites is 1. The molecule has 3 rings (SSSR count). The molecule has 1 aromatic carbocycles. The van der Waals surface area contributed by atoms with E-state index in [9.17, 15) is 0 Å². The largest absolute Gasteiger partial charge is 0.493 e. The molecule has 3 nitrogen and oxygen atoms in total. The SMILES string of the molecule is CCCNC(CC1(OC)CCC1)c1cccc2c1OCC2. The highest BCUT2D eigenvalue weighted by Crippen LogP contribution is 2.44. The summed E-state index contributed by atoms with van der Waals surface area (Å²) in [7, 11) is 1.86. The Kier molecular flexibility index (Phi) is 4.51. The number of methoxy groups -OCH3 is 1. The fourth-order valence-electron chi connectivity index (χ4n) is 3.56. The van der Waals surface area contributed by atoms with Gasteiger partial charge in [0.1, 0.15) is 5.75 Å². The van der Waals surface area contributed by atoms with Crippen LogP contribution in [-0.4, -0.2) is 25.9 Å². The number of benzene rings is 1. The van der Waals surface area contributed by atoms with Crippen molar-refractivity contribution in [2.24, 2.45) is 0 Å². The van der Waals surface area contributed by atoms with Gasteiger partial charge in [-0.05, 0) is 44.2 Å². The molecule has 1 aliphatic carbocycles. The van der Waals surface area contributed by atoms with Crippen molar-refractivity contribution in [1.29, 1.82) is 0 Å². The summed E-state index contributed by atoms with van der Waals surface area (Å²) in [6.45, 7) is 4.07. The fourth-order valence-corrected chi connectivity index (χ4v) is 3.56. The van der Waals surface area contributed by atoms with Crippen molar-refractivity contribution < 1.29 is 9.47 Å². The number of ether oxygens (including phenoxy) is 2. The topological polar surface area (TPSA) is 30.5 Å². The van der Waals surface area contributed by atoms with Gasteiger partial charge < -0.3 is 14.8 Å². The van der Waals surface area contributed by atoms with Crippen LogP contribution in [0.15, 0.2) is 18.2 Å². The van der Waals surface area contributed by atoms with E-state index in [4.69, 9.17) is 9.47 Å². The van der Waals surface area contributed by atoms with E-state index in [0.29, 0.717) is 6.04 Å². The van der Waals surface area contributed by atoms with Gasteiger partial charge >= 0.3 is 0 Å². The number of nitrogens with one attached hydrogen (secondary N) is 1. The fraction of sp³-hybridized carbons (Fsp3) is 0.667. The van der Waals surface area contributed by atoms with Gasteiger partial charge in [0.05, 0.1) is 12.2 Å². The highest BCUT2D eigenvalue weighted by Gasteiger charge is 2.40. The Bertz CT molecular complexity index is 477. The minimum Gasteiger partial charge on any atom is -0.493 e. The third kappa shape index (κ3) is 2.95. The van der Waals surface area contributed by atoms with E-state index in [1.54, 1.807) is 0 Å². The smallest absolute Gasteiger partial charge is 0.127 e. The first kappa shape index (κ1) is 14.9. The molecule has 1 N–H and O–H groups in total. The van der Waals surface area contributed by atoms with Crippen LogP contribution in [0.5, 0.6) is 5.75 Å². The van der Waals surface area contributed by atoms with Crippen LogP contribution in [0.2, 0.25) is 0 Å². The van der Waals surface area contributed by atoms with E-state index >= 15 is 0 Å². The van der Waals surface area contributed by atoms with Crippen LogP contribution >= 0.6 is 0 Å². The molecule has 0 spiro atoms. The summed E-state index contributed by atoms with van der Waals surface area (Å²) in [4.78, 5) is 0. The summed E-state index contributed by atoms with van der Waals surface area (Å²) in [6.07, 6.45) is 6.89. The molecule has 21 heavy (non-hydrogen) atoms. The van der Waals surface area contributed by atoms with E-state index < -0.39 is 0 Å². The first-order chi connectivity index (χ1) is 10.3. The summed E-state index contributed by atoms with van der Waals surface area (Å²) >= 11 is 0. The number of rotatable bonds is 7. The normalized spacial score (nSPS) is 20.5. The van der Waals surface area contributed by atoms with Crippen LogP contribution in [0, 0.1) is 0 Å². The van der Waals surface area contributed by atoms with Crippen molar-refractivity contribution in [3.63, 3.8) is 0 Å². The first-order valence-corrected chi connectivity index (χ1v) is 8.31. The van der Waals surface area contributed by atoms with Crippen LogP contribution in [0.1, 0.15) is 56.2 Å². The molecule has 1 unspecified atom stereocenters. The zero-order chi connectivity index (χ0) is 14.7. The third-order valence-electron chi connectivity index (χ3n) is 5.03. The lowest BCUT2D eigenvalue weighted by Crippen LogP contribution is -2.43. The Morgan fingerprint density at radius 2 is 2.24 bits per heavy atom. The van der Waals surface area contributed by atoms with Gasteiger partial charge in [-0.3, -0.25) is 0 Å². The maximum Gasteiger partial charge on any atom is 0.127 e. The van der Waals surface area contributed by atoms with Crippen molar-refractivity contribution in [2.75, 3.05) is 20.3 Å². The summed E-state index contributed by atoms with van der Waals surface area (Å²) in [6, 6.07) is 6.92. The zero-order valence-corrected chi connectivity index (χ0v) is 13.3. The average molecular weight is 289 g/mol. The highest BCUT2D eigenvalue weighted by atomic mass is 16.5. The van der Waals surface area contributed by atoms with Crippen LogP contribution in [0.4, 0.5) is 0 Å². The Labute approximate surface area is 128 Å². The molecule has 0 bridgehead atoms. The van der Waals surface area contributed by atoms with Crippen LogP contribution < -0.4 is 10.1 Å². The van der Waals surface area contributed by atoms with Gasteiger partial charge in [-0.15, -0.1) is 0 Å². The Morgan fingerprint density at radius 1 is 1.38 bits per heavy atom. The van der Waals surface area contributed by atoms with E-state index in [1.165, 1.54) is 30.4 Å². The summed E-state index contributed by atoms with van der Waals surface area (Å²) < 4.78 is 11.8. The van der Waals surface area contributed by atoms with Crippen LogP contribution in [-0.2, 0) is 11.2 Å². The molecule has 1 atom stereocenters. The lowest BCUT2D eigenvalue weighted by Gasteiger charge is -2.43. The summed E-state index contributed by atoms with van der Waals surface area (Å²) in [5.41, 5.74) is 2.75. The zero-order valence-electron chi connectivity index (χ0n) is 13.3. The molecule has 116 valence electrons. The second-order valence-corrected chi connectivity index (χ2v) is 6.39. The molecule has 1 heterocycles. The van der Waals surface area contributed by atoms with Gasteiger partial charge in [0.2, 0.25) is 0 Å². The van der Waals surface area contributed by atoms with E-state index in [1.807, 2.05) is 7.11 Å². The molecular formula is C18H27NO2. The van der Waals surface area contributed by atoms with E-state index in [2.05, 4.69) is 30.4 Å². The van der Waals surface area contributed by atoms with Gasteiger partial charge in [-0.1, -0.05) is 25.1 Å². The molecule has 3 heteroatoms. The van der Waals surface area contributed by atoms with Crippen LogP contribution in [0.3, 0.4) is 0 Å². The van der Waals surface area contributed by atoms with Crippen molar-refractivity contribution >= 4 is 0 Å². The van der Waals surface area contributed by atoms with Gasteiger partial charge in [-0.2, -0.15) is 0 Å². The number of fused-ring (bicyclic) bond motifs is 1. The first-order valence-electron chi connectivity index (χ1n) is 8.31. The Balaban J connectivity index is 1.83. The van der Waals surface area contributed by atoms with Gasteiger partial charge in [0, 0.05) is 25.1 Å². The second-order valence-electron chi connectivity index (χ2n) is 6.39. The molecule has 0 saturated heterocycles. The quantitative estimate of drug-likeness (QED) is 0.831. The summed E-state index contributed by atoms with van der Waals surface area (Å²) in [5.74, 6) is 1.12. The molecule has 0 radical (unpaired) electrons. The molecule has 2 aliphatic rings. The Morgan fingerprint density at radius 3 is 2.90 bits per heavy atom. The van der Waals surface area contributed by atoms with Crippen molar-refractivity contribution in [1.82, 2.24) is 5.32 Å². The minimum absolute atomic E-state index is 0.0761. The third-order valence-corrected chi connectivity index (χ3v) is 5.03. The second kappa shape index (κ2) is 6.37. The highest BCUT2D eigenvalue weighted by molar-refractivity contribution is 5.45. The van der Waals surface area contributed by atoms with Crippen molar-refractivity contribution in [3.8, 4) is 5.75 Å². The number of hydrogen-bond donors (Lipinski definition) is 1. The van der Waals surface area contributed by atoms with E-state index in [-0.39, 0.29) is 5.60 Å². The molecule has 1 fully saturated rings. The molecule has 0 amide bonds. The maximum absolute atomic E-state index is 5.91. The summed E-state index contributed by atoms with van der Waals surface area (Å²) in [5, 5.41) is 3.71. The van der Waals surface area contributed by atoms with Gasteiger partial charge in [0.25, 0.3) is 0 Å². The van der Waals surface area contributed by atoms with Gasteiger partial charge in [0.15, 0.2) is 0 Å². The predicted octanol–water partition coefficient (Wildman–Crippen LogP) is 3.62. The Hall–Kier alpha value is -1.06. The van der Waals surface area contributed by atoms with Crippen LogP contribution in [0.25, 0.3) is 0 Å². The van der Waals surface area contributed by atoms with Gasteiger partial charge in [-0.25, -0.2) is 0 Å². The standard InChI is InChI=1S/C18H27NO2/c1-3-11-19-16(13-18(20-2)9-5-10-18)15-7-4-6-14-8-12-21-17(14)15/h4,6-7,16,19H,3,5,8-13H2,1-2H3. The molecule has 1 aromatic rings. The lowest BCUT2D eigenvalue weighted by atomic mass is 9.74.